The van der Waals surface area contributed by atoms with Crippen molar-refractivity contribution in [1.82, 2.24) is 10.2 Å². The molecule has 2 aliphatic heterocycles. The van der Waals surface area contributed by atoms with E-state index in [0.29, 0.717) is 12.1 Å². The molecule has 2 aliphatic rings. The molecule has 0 aromatic rings. The molecule has 0 bridgehead atoms. The van der Waals surface area contributed by atoms with E-state index < -0.39 is 0 Å². The van der Waals surface area contributed by atoms with E-state index >= 15 is 0 Å². The predicted molar refractivity (Wildman–Crippen MR) is 62.3 cm³/mol. The number of nitrogens with zero attached hydrogens (tertiary/aromatic N) is 1. The first-order valence-corrected chi connectivity index (χ1v) is 6.35. The Morgan fingerprint density at radius 2 is 2.12 bits per heavy atom. The average Bonchev–Trinajstić information content (AvgIpc) is 2.73. The minimum absolute atomic E-state index is 0.0950. The summed E-state index contributed by atoms with van der Waals surface area (Å²) in [5, 5.41) is 3.00. The Hall–Kier alpha value is -0.610. The Morgan fingerprint density at radius 3 is 2.69 bits per heavy atom. The molecule has 0 aromatic heterocycles. The van der Waals surface area contributed by atoms with Crippen LogP contribution in [0, 0.1) is 0 Å². The molecule has 1 atom stereocenters. The summed E-state index contributed by atoms with van der Waals surface area (Å²) in [6.07, 6.45) is 5.04. The summed E-state index contributed by atoms with van der Waals surface area (Å²) >= 11 is 0. The van der Waals surface area contributed by atoms with Crippen molar-refractivity contribution < 1.29 is 9.53 Å². The van der Waals surface area contributed by atoms with Crippen LogP contribution in [0.3, 0.4) is 0 Å². The minimum atomic E-state index is 0.0950. The monoisotopic (exact) mass is 226 g/mol. The van der Waals surface area contributed by atoms with Gasteiger partial charge >= 0.3 is 0 Å². The van der Waals surface area contributed by atoms with Crippen LogP contribution in [0.2, 0.25) is 0 Å². The lowest BCUT2D eigenvalue weighted by atomic mass is 10.0. The Bertz CT molecular complexity index is 231. The van der Waals surface area contributed by atoms with Crippen LogP contribution < -0.4 is 5.32 Å². The summed E-state index contributed by atoms with van der Waals surface area (Å²) in [4.78, 5) is 13.4. The third-order valence-electron chi connectivity index (χ3n) is 3.48. The Balaban J connectivity index is 1.66. The van der Waals surface area contributed by atoms with E-state index in [1.807, 2.05) is 0 Å². The quantitative estimate of drug-likeness (QED) is 0.772. The highest BCUT2D eigenvalue weighted by Gasteiger charge is 2.23. The second kappa shape index (κ2) is 5.64. The zero-order valence-electron chi connectivity index (χ0n) is 10.1. The number of carbonyl (C=O) groups is 1. The van der Waals surface area contributed by atoms with Gasteiger partial charge in [-0.25, -0.2) is 0 Å². The third kappa shape index (κ3) is 3.46. The number of ether oxygens (including phenoxy) is 1. The molecule has 2 heterocycles. The maximum absolute atomic E-state index is 10.9. The van der Waals surface area contributed by atoms with Gasteiger partial charge in [-0.1, -0.05) is 0 Å². The van der Waals surface area contributed by atoms with Crippen LogP contribution in [0.15, 0.2) is 0 Å². The van der Waals surface area contributed by atoms with Crippen molar-refractivity contribution in [1.29, 1.82) is 0 Å². The molecule has 4 heteroatoms. The summed E-state index contributed by atoms with van der Waals surface area (Å²) in [5.74, 6) is 0.0950. The maximum Gasteiger partial charge on any atom is 0.217 e. The number of hydrogen-bond donors (Lipinski definition) is 1. The van der Waals surface area contributed by atoms with E-state index in [0.717, 1.165) is 39.1 Å². The van der Waals surface area contributed by atoms with Gasteiger partial charge in [-0.3, -0.25) is 4.79 Å². The van der Waals surface area contributed by atoms with Gasteiger partial charge in [0, 0.05) is 39.2 Å². The number of amides is 1. The SMILES string of the molecule is CC(=O)NC1CCN(CC2CCCO2)CC1. The van der Waals surface area contributed by atoms with E-state index in [4.69, 9.17) is 4.74 Å². The fourth-order valence-corrected chi connectivity index (χ4v) is 2.62. The lowest BCUT2D eigenvalue weighted by Crippen LogP contribution is -2.45. The van der Waals surface area contributed by atoms with E-state index in [2.05, 4.69) is 10.2 Å². The summed E-state index contributed by atoms with van der Waals surface area (Å²) in [5.41, 5.74) is 0. The average molecular weight is 226 g/mol. The zero-order chi connectivity index (χ0) is 11.4. The highest BCUT2D eigenvalue weighted by atomic mass is 16.5. The number of likely N-dealkylation sites (tertiary alicyclic amines) is 1. The molecule has 1 amide bonds. The molecule has 0 radical (unpaired) electrons. The van der Waals surface area contributed by atoms with Crippen LogP contribution in [0.5, 0.6) is 0 Å². The van der Waals surface area contributed by atoms with Crippen molar-refractivity contribution in [3.05, 3.63) is 0 Å². The van der Waals surface area contributed by atoms with Crippen molar-refractivity contribution >= 4 is 5.91 Å². The molecule has 92 valence electrons. The highest BCUT2D eigenvalue weighted by Crippen LogP contribution is 2.16. The standard InChI is InChI=1S/C12H22N2O2/c1-10(15)13-11-4-6-14(7-5-11)9-12-3-2-8-16-12/h11-12H,2-9H2,1H3,(H,13,15). The van der Waals surface area contributed by atoms with Crippen LogP contribution >= 0.6 is 0 Å². The first-order valence-electron chi connectivity index (χ1n) is 6.35. The molecule has 2 fully saturated rings. The Morgan fingerprint density at radius 1 is 1.38 bits per heavy atom. The molecule has 0 spiro atoms. The van der Waals surface area contributed by atoms with Gasteiger partial charge in [-0.05, 0) is 25.7 Å². The number of rotatable bonds is 3. The molecule has 2 rings (SSSR count). The van der Waals surface area contributed by atoms with Gasteiger partial charge in [0.15, 0.2) is 0 Å². The van der Waals surface area contributed by atoms with Crippen LogP contribution in [0.25, 0.3) is 0 Å². The lowest BCUT2D eigenvalue weighted by Gasteiger charge is -2.33. The summed E-state index contributed by atoms with van der Waals surface area (Å²) < 4.78 is 5.64. The number of carbonyl (C=O) groups excluding carboxylic acids is 1. The fraction of sp³-hybridized carbons (Fsp3) is 0.917. The van der Waals surface area contributed by atoms with Crippen molar-refractivity contribution in [2.45, 2.75) is 44.8 Å². The van der Waals surface area contributed by atoms with Crippen molar-refractivity contribution in [3.63, 3.8) is 0 Å². The topological polar surface area (TPSA) is 41.6 Å². The molecule has 4 nitrogen and oxygen atoms in total. The molecule has 0 saturated carbocycles. The van der Waals surface area contributed by atoms with Crippen molar-refractivity contribution in [3.8, 4) is 0 Å². The van der Waals surface area contributed by atoms with Gasteiger partial charge in [0.1, 0.15) is 0 Å². The van der Waals surface area contributed by atoms with Crippen LogP contribution in [-0.2, 0) is 9.53 Å². The molecule has 1 N–H and O–H groups in total. The zero-order valence-corrected chi connectivity index (χ0v) is 10.1. The van der Waals surface area contributed by atoms with Crippen LogP contribution in [0.1, 0.15) is 32.6 Å². The number of piperidine rings is 1. The van der Waals surface area contributed by atoms with Crippen LogP contribution in [0.4, 0.5) is 0 Å². The van der Waals surface area contributed by atoms with E-state index in [-0.39, 0.29) is 5.91 Å². The van der Waals surface area contributed by atoms with E-state index in [9.17, 15) is 4.79 Å². The lowest BCUT2D eigenvalue weighted by molar-refractivity contribution is -0.120. The van der Waals surface area contributed by atoms with Gasteiger partial charge in [0.2, 0.25) is 5.91 Å². The van der Waals surface area contributed by atoms with Gasteiger partial charge in [-0.15, -0.1) is 0 Å². The highest BCUT2D eigenvalue weighted by molar-refractivity contribution is 5.73. The molecule has 0 aromatic carbocycles. The normalized spacial score (nSPS) is 28.2. The Labute approximate surface area is 97.3 Å². The first-order chi connectivity index (χ1) is 7.74. The molecule has 0 aliphatic carbocycles. The molecular formula is C12H22N2O2. The van der Waals surface area contributed by atoms with Gasteiger partial charge in [-0.2, -0.15) is 0 Å². The van der Waals surface area contributed by atoms with E-state index in [1.165, 1.54) is 12.8 Å². The van der Waals surface area contributed by atoms with Gasteiger partial charge in [0.05, 0.1) is 6.10 Å². The summed E-state index contributed by atoms with van der Waals surface area (Å²) in [6, 6.07) is 0.387. The molecule has 1 unspecified atom stereocenters. The van der Waals surface area contributed by atoms with Crippen molar-refractivity contribution in [2.75, 3.05) is 26.2 Å². The van der Waals surface area contributed by atoms with Crippen molar-refractivity contribution in [2.24, 2.45) is 0 Å². The first kappa shape index (κ1) is 11.9. The Kier molecular flexibility index (Phi) is 4.18. The molecule has 16 heavy (non-hydrogen) atoms. The largest absolute Gasteiger partial charge is 0.377 e. The summed E-state index contributed by atoms with van der Waals surface area (Å²) in [7, 11) is 0. The van der Waals surface area contributed by atoms with E-state index in [1.54, 1.807) is 6.92 Å². The summed E-state index contributed by atoms with van der Waals surface area (Å²) in [6.45, 7) is 5.79. The van der Waals surface area contributed by atoms with Crippen LogP contribution in [-0.4, -0.2) is 49.2 Å². The second-order valence-corrected chi connectivity index (χ2v) is 4.91. The van der Waals surface area contributed by atoms with Gasteiger partial charge < -0.3 is 15.0 Å². The fourth-order valence-electron chi connectivity index (χ4n) is 2.62. The second-order valence-electron chi connectivity index (χ2n) is 4.91. The minimum Gasteiger partial charge on any atom is -0.377 e. The number of hydrogen-bond acceptors (Lipinski definition) is 3. The maximum atomic E-state index is 10.9. The van der Waals surface area contributed by atoms with Gasteiger partial charge in [0.25, 0.3) is 0 Å². The molecular weight excluding hydrogens is 204 g/mol. The smallest absolute Gasteiger partial charge is 0.217 e. The predicted octanol–water partition coefficient (Wildman–Crippen LogP) is 0.766. The molecule has 2 saturated heterocycles. The number of nitrogens with one attached hydrogen (secondary N) is 1. The third-order valence-corrected chi connectivity index (χ3v) is 3.48.